The number of anilines is 1. The smallest absolute Gasteiger partial charge is 0.416 e. The molecule has 1 aromatic heterocycles. The molecule has 2 aromatic carbocycles. The van der Waals surface area contributed by atoms with E-state index in [-0.39, 0.29) is 11.5 Å². The van der Waals surface area contributed by atoms with Crippen LogP contribution in [0.5, 0.6) is 5.75 Å². The van der Waals surface area contributed by atoms with Gasteiger partial charge in [-0.3, -0.25) is 4.79 Å². The first-order valence-corrected chi connectivity index (χ1v) is 11.7. The monoisotopic (exact) mass is 490 g/mol. The maximum atomic E-state index is 12.9. The number of hydrogen-bond donors (Lipinski definition) is 1. The van der Waals surface area contributed by atoms with Crippen LogP contribution in [0.25, 0.3) is 0 Å². The van der Waals surface area contributed by atoms with Crippen LogP contribution in [0.15, 0.2) is 48.5 Å². The van der Waals surface area contributed by atoms with Crippen LogP contribution in [-0.4, -0.2) is 42.0 Å². The van der Waals surface area contributed by atoms with E-state index >= 15 is 0 Å². The minimum Gasteiger partial charge on any atom is -0.497 e. The zero-order chi connectivity index (χ0) is 24.1. The van der Waals surface area contributed by atoms with Crippen LogP contribution in [0.2, 0.25) is 0 Å². The van der Waals surface area contributed by atoms with Gasteiger partial charge in [0.05, 0.1) is 12.7 Å². The Hall–Kier alpha value is -3.14. The third-order valence-electron chi connectivity index (χ3n) is 5.84. The molecule has 0 bridgehead atoms. The number of ether oxygens (including phenoxy) is 1. The predicted molar refractivity (Wildman–Crippen MR) is 124 cm³/mol. The molecule has 4 rings (SSSR count). The zero-order valence-electron chi connectivity index (χ0n) is 18.6. The average molecular weight is 491 g/mol. The average Bonchev–Trinajstić information content (AvgIpc) is 3.31. The van der Waals surface area contributed by atoms with Crippen molar-refractivity contribution in [1.29, 1.82) is 0 Å². The molecule has 1 aliphatic heterocycles. The Morgan fingerprint density at radius 1 is 1.18 bits per heavy atom. The van der Waals surface area contributed by atoms with Crippen LogP contribution < -0.4 is 15.0 Å². The number of carbonyl (C=O) groups excluding carboxylic acids is 1. The number of carbonyl (C=O) groups is 1. The summed E-state index contributed by atoms with van der Waals surface area (Å²) in [7, 11) is 1.64. The summed E-state index contributed by atoms with van der Waals surface area (Å²) in [4.78, 5) is 19.2. The Labute approximate surface area is 199 Å². The Morgan fingerprint density at radius 2 is 1.94 bits per heavy atom. The van der Waals surface area contributed by atoms with Crippen LogP contribution in [0.1, 0.15) is 40.2 Å². The molecular weight excluding hydrogens is 465 g/mol. The lowest BCUT2D eigenvalue weighted by molar-refractivity contribution is -0.137. The second kappa shape index (κ2) is 10.4. The molecule has 10 heteroatoms. The van der Waals surface area contributed by atoms with Gasteiger partial charge in [-0.25, -0.2) is 4.98 Å². The van der Waals surface area contributed by atoms with Crippen molar-refractivity contribution in [2.75, 3.05) is 31.6 Å². The Bertz CT molecular complexity index is 1130. The van der Waals surface area contributed by atoms with Gasteiger partial charge in [0.15, 0.2) is 0 Å². The maximum Gasteiger partial charge on any atom is 0.416 e. The van der Waals surface area contributed by atoms with Crippen molar-refractivity contribution in [1.82, 2.24) is 14.7 Å². The normalized spacial score (nSPS) is 14.8. The van der Waals surface area contributed by atoms with Gasteiger partial charge in [0, 0.05) is 43.2 Å². The minimum absolute atomic E-state index is 0.0182. The number of nitrogens with one attached hydrogen (secondary N) is 1. The highest BCUT2D eigenvalue weighted by molar-refractivity contribution is 7.09. The van der Waals surface area contributed by atoms with Gasteiger partial charge in [-0.15, -0.1) is 0 Å². The third-order valence-corrected chi connectivity index (χ3v) is 6.66. The van der Waals surface area contributed by atoms with Crippen molar-refractivity contribution in [3.8, 4) is 5.75 Å². The van der Waals surface area contributed by atoms with Crippen LogP contribution in [0.3, 0.4) is 0 Å². The number of aromatic nitrogens is 2. The molecule has 0 saturated carbocycles. The zero-order valence-corrected chi connectivity index (χ0v) is 19.5. The van der Waals surface area contributed by atoms with Crippen molar-refractivity contribution in [2.45, 2.75) is 25.4 Å². The predicted octanol–water partition coefficient (Wildman–Crippen LogP) is 4.80. The standard InChI is InChI=1S/C24H25F3N4O2S/c1-33-20-7-2-4-17(12-20)13-21-29-23(34-30-21)31-10-8-16(9-11-31)15-28-22(32)18-5-3-6-19(14-18)24(25,26)27/h2-7,12,14,16H,8-11,13,15H2,1H3,(H,28,32). The number of halogens is 3. The molecule has 1 saturated heterocycles. The summed E-state index contributed by atoms with van der Waals surface area (Å²) >= 11 is 1.38. The molecule has 6 nitrogen and oxygen atoms in total. The van der Waals surface area contributed by atoms with E-state index in [1.807, 2.05) is 24.3 Å². The van der Waals surface area contributed by atoms with Crippen LogP contribution in [-0.2, 0) is 12.6 Å². The van der Waals surface area contributed by atoms with Crippen LogP contribution in [0, 0.1) is 5.92 Å². The summed E-state index contributed by atoms with van der Waals surface area (Å²) in [6, 6.07) is 12.3. The molecule has 180 valence electrons. The first kappa shape index (κ1) is 24.0. The molecule has 1 fully saturated rings. The summed E-state index contributed by atoms with van der Waals surface area (Å²) in [5.41, 5.74) is 0.278. The minimum atomic E-state index is -4.47. The largest absolute Gasteiger partial charge is 0.497 e. The van der Waals surface area contributed by atoms with Crippen molar-refractivity contribution in [3.05, 3.63) is 71.0 Å². The summed E-state index contributed by atoms with van der Waals surface area (Å²) in [6.07, 6.45) is -2.13. The molecule has 1 aliphatic rings. The number of hydrogen-bond acceptors (Lipinski definition) is 6. The van der Waals surface area contributed by atoms with E-state index in [0.717, 1.165) is 60.3 Å². The van der Waals surface area contributed by atoms with E-state index < -0.39 is 17.6 Å². The number of piperidine rings is 1. The fourth-order valence-corrected chi connectivity index (χ4v) is 4.65. The van der Waals surface area contributed by atoms with Crippen LogP contribution >= 0.6 is 11.5 Å². The molecule has 34 heavy (non-hydrogen) atoms. The molecule has 0 spiro atoms. The first-order chi connectivity index (χ1) is 16.3. The number of methoxy groups -OCH3 is 1. The molecule has 2 heterocycles. The number of benzene rings is 2. The molecule has 0 radical (unpaired) electrons. The molecule has 0 aliphatic carbocycles. The van der Waals surface area contributed by atoms with E-state index in [1.165, 1.54) is 23.7 Å². The van der Waals surface area contributed by atoms with Gasteiger partial charge in [0.25, 0.3) is 5.91 Å². The topological polar surface area (TPSA) is 67.3 Å². The second-order valence-corrected chi connectivity index (χ2v) is 8.97. The summed E-state index contributed by atoms with van der Waals surface area (Å²) < 4.78 is 48.4. The quantitative estimate of drug-likeness (QED) is 0.515. The lowest BCUT2D eigenvalue weighted by Gasteiger charge is -2.31. The lowest BCUT2D eigenvalue weighted by Crippen LogP contribution is -2.38. The highest BCUT2D eigenvalue weighted by atomic mass is 32.1. The SMILES string of the molecule is COc1cccc(Cc2nsc(N3CCC(CNC(=O)c4cccc(C(F)(F)F)c4)CC3)n2)c1. The second-order valence-electron chi connectivity index (χ2n) is 8.24. The molecule has 0 unspecified atom stereocenters. The van der Waals surface area contributed by atoms with E-state index in [4.69, 9.17) is 4.74 Å². The van der Waals surface area contributed by atoms with Crippen molar-refractivity contribution >= 4 is 22.6 Å². The molecule has 1 amide bonds. The number of alkyl halides is 3. The van der Waals surface area contributed by atoms with Gasteiger partial charge in [0.2, 0.25) is 5.13 Å². The molecule has 1 N–H and O–H groups in total. The van der Waals surface area contributed by atoms with Gasteiger partial charge in [-0.1, -0.05) is 18.2 Å². The highest BCUT2D eigenvalue weighted by Gasteiger charge is 2.31. The Morgan fingerprint density at radius 3 is 2.68 bits per heavy atom. The van der Waals surface area contributed by atoms with E-state index in [0.29, 0.717) is 13.0 Å². The van der Waals surface area contributed by atoms with Gasteiger partial charge < -0.3 is 15.0 Å². The highest BCUT2D eigenvalue weighted by Crippen LogP contribution is 2.30. The Balaban J connectivity index is 1.26. The van der Waals surface area contributed by atoms with Crippen LogP contribution in [0.4, 0.5) is 18.3 Å². The van der Waals surface area contributed by atoms with Gasteiger partial charge in [0.1, 0.15) is 11.6 Å². The summed E-state index contributed by atoms with van der Waals surface area (Å²) in [5, 5.41) is 3.66. The fraction of sp³-hybridized carbons (Fsp3) is 0.375. The van der Waals surface area contributed by atoms with E-state index in [2.05, 4.69) is 19.6 Å². The molecule has 3 aromatic rings. The van der Waals surface area contributed by atoms with Gasteiger partial charge in [-0.2, -0.15) is 17.5 Å². The summed E-state index contributed by atoms with van der Waals surface area (Å²) in [5.74, 6) is 1.34. The van der Waals surface area contributed by atoms with E-state index in [1.54, 1.807) is 7.11 Å². The summed E-state index contributed by atoms with van der Waals surface area (Å²) in [6.45, 7) is 2.01. The number of nitrogens with zero attached hydrogens (tertiary/aromatic N) is 3. The number of rotatable bonds is 7. The molecular formula is C24H25F3N4O2S. The first-order valence-electron chi connectivity index (χ1n) is 11.0. The van der Waals surface area contributed by atoms with E-state index in [9.17, 15) is 18.0 Å². The maximum absolute atomic E-state index is 12.9. The van der Waals surface area contributed by atoms with Gasteiger partial charge in [-0.05, 0) is 54.7 Å². The van der Waals surface area contributed by atoms with Crippen molar-refractivity contribution in [3.63, 3.8) is 0 Å². The number of amides is 1. The van der Waals surface area contributed by atoms with Gasteiger partial charge >= 0.3 is 6.18 Å². The fourth-order valence-electron chi connectivity index (χ4n) is 3.91. The Kier molecular flexibility index (Phi) is 7.35. The van der Waals surface area contributed by atoms with Crippen molar-refractivity contribution < 1.29 is 22.7 Å². The molecule has 0 atom stereocenters. The van der Waals surface area contributed by atoms with Crippen molar-refractivity contribution in [2.24, 2.45) is 5.92 Å². The third kappa shape index (κ3) is 6.05. The lowest BCUT2D eigenvalue weighted by atomic mass is 9.97.